The molecule has 4 nitrogen and oxygen atoms in total. The van der Waals surface area contributed by atoms with E-state index in [-0.39, 0.29) is 18.0 Å². The second-order valence-corrected chi connectivity index (χ2v) is 3.97. The molecular formula is C10H12ClN3O. The largest absolute Gasteiger partial charge is 0.390 e. The molecule has 0 radical (unpaired) electrons. The highest BCUT2D eigenvalue weighted by molar-refractivity contribution is 6.32. The monoisotopic (exact) mass is 225 g/mol. The Bertz CT molecular complexity index is 394. The van der Waals surface area contributed by atoms with Crippen molar-refractivity contribution in [1.29, 1.82) is 0 Å². The minimum atomic E-state index is -0.140. The molecule has 15 heavy (non-hydrogen) atoms. The number of hydrogen-bond acceptors (Lipinski definition) is 4. The minimum absolute atomic E-state index is 0.0278. The van der Waals surface area contributed by atoms with E-state index in [0.29, 0.717) is 5.69 Å². The Morgan fingerprint density at radius 2 is 2.40 bits per heavy atom. The van der Waals surface area contributed by atoms with Gasteiger partial charge in [-0.25, -0.2) is 0 Å². The Balaban J connectivity index is 2.24. The third-order valence-electron chi connectivity index (χ3n) is 2.43. The fraction of sp³-hybridized carbons (Fsp3) is 0.400. The zero-order chi connectivity index (χ0) is 10.8. The molecule has 0 spiro atoms. The number of aliphatic hydroxyl groups excluding tert-OH is 1. The number of aromatic nitrogens is 1. The number of nitrogens with zero attached hydrogens (tertiary/aromatic N) is 2. The molecule has 2 rings (SSSR count). The van der Waals surface area contributed by atoms with E-state index in [9.17, 15) is 0 Å². The Labute approximate surface area is 93.0 Å². The maximum Gasteiger partial charge on any atom is 0.0991 e. The first-order chi connectivity index (χ1) is 7.22. The van der Waals surface area contributed by atoms with Crippen LogP contribution in [-0.4, -0.2) is 21.2 Å². The van der Waals surface area contributed by atoms with E-state index in [1.165, 1.54) is 0 Å². The summed E-state index contributed by atoms with van der Waals surface area (Å²) in [4.78, 5) is 4.02. The number of hydrogen-bond donors (Lipinski definition) is 2. The zero-order valence-corrected chi connectivity index (χ0v) is 9.07. The third kappa shape index (κ3) is 1.96. The second-order valence-electron chi connectivity index (χ2n) is 3.50. The number of alkyl halides is 1. The van der Waals surface area contributed by atoms with Gasteiger partial charge < -0.3 is 10.5 Å². The molecule has 0 fully saturated rings. The smallest absolute Gasteiger partial charge is 0.0991 e. The van der Waals surface area contributed by atoms with Gasteiger partial charge in [0.05, 0.1) is 29.4 Å². The van der Waals surface area contributed by atoms with Crippen LogP contribution < -0.4 is 5.43 Å². The van der Waals surface area contributed by atoms with Gasteiger partial charge in [0.25, 0.3) is 0 Å². The van der Waals surface area contributed by atoms with Gasteiger partial charge in [-0.05, 0) is 24.6 Å². The zero-order valence-electron chi connectivity index (χ0n) is 8.31. The topological polar surface area (TPSA) is 57.5 Å². The van der Waals surface area contributed by atoms with Gasteiger partial charge in [0.15, 0.2) is 0 Å². The molecule has 2 N–H and O–H groups in total. The molecular weight excluding hydrogens is 214 g/mol. The number of hydrazone groups is 1. The van der Waals surface area contributed by atoms with E-state index in [0.717, 1.165) is 11.3 Å². The molecule has 1 aromatic heterocycles. The number of aliphatic hydroxyl groups is 1. The lowest BCUT2D eigenvalue weighted by atomic mass is 10.0. The number of rotatable bonds is 2. The van der Waals surface area contributed by atoms with Crippen LogP contribution in [0.2, 0.25) is 0 Å². The SMILES string of the molecule is CC1=NNC(c2ccnc(CO)c2)C1Cl. The van der Waals surface area contributed by atoms with Crippen LogP contribution >= 0.6 is 11.6 Å². The van der Waals surface area contributed by atoms with Gasteiger partial charge in [-0.2, -0.15) is 5.10 Å². The van der Waals surface area contributed by atoms with Crippen LogP contribution in [-0.2, 0) is 6.61 Å². The Kier molecular flexibility index (Phi) is 2.88. The Morgan fingerprint density at radius 1 is 1.60 bits per heavy atom. The molecule has 1 aliphatic rings. The van der Waals surface area contributed by atoms with Crippen LogP contribution in [0.1, 0.15) is 24.2 Å². The van der Waals surface area contributed by atoms with Gasteiger partial charge in [0.2, 0.25) is 0 Å². The first-order valence-corrected chi connectivity index (χ1v) is 5.15. The highest BCUT2D eigenvalue weighted by Gasteiger charge is 2.28. The molecule has 1 aliphatic heterocycles. The predicted octanol–water partition coefficient (Wildman–Crippen LogP) is 1.20. The third-order valence-corrected chi connectivity index (χ3v) is 3.00. The molecule has 2 unspecified atom stereocenters. The molecule has 2 heterocycles. The standard InChI is InChI=1S/C10H12ClN3O/c1-6-9(11)10(14-13-6)7-2-3-12-8(4-7)5-15/h2-4,9-10,14-15H,5H2,1H3. The van der Waals surface area contributed by atoms with Gasteiger partial charge in [0, 0.05) is 6.20 Å². The molecule has 0 amide bonds. The van der Waals surface area contributed by atoms with Crippen molar-refractivity contribution in [3.8, 4) is 0 Å². The Hall–Kier alpha value is -1.13. The average molecular weight is 226 g/mol. The molecule has 0 aromatic carbocycles. The quantitative estimate of drug-likeness (QED) is 0.744. The first-order valence-electron chi connectivity index (χ1n) is 4.72. The molecule has 5 heteroatoms. The summed E-state index contributed by atoms with van der Waals surface area (Å²) in [6.07, 6.45) is 1.67. The molecule has 0 bridgehead atoms. The molecule has 1 aromatic rings. The van der Waals surface area contributed by atoms with Gasteiger partial charge >= 0.3 is 0 Å². The molecule has 80 valence electrons. The van der Waals surface area contributed by atoms with Gasteiger partial charge in [-0.15, -0.1) is 11.6 Å². The van der Waals surface area contributed by atoms with Crippen LogP contribution in [0.15, 0.2) is 23.4 Å². The molecule has 0 aliphatic carbocycles. The van der Waals surface area contributed by atoms with Crippen molar-refractivity contribution in [2.45, 2.75) is 24.9 Å². The number of nitrogens with one attached hydrogen (secondary N) is 1. The summed E-state index contributed by atoms with van der Waals surface area (Å²) >= 11 is 6.18. The van der Waals surface area contributed by atoms with E-state index in [4.69, 9.17) is 16.7 Å². The lowest BCUT2D eigenvalue weighted by molar-refractivity contribution is 0.276. The fourth-order valence-electron chi connectivity index (χ4n) is 1.56. The summed E-state index contributed by atoms with van der Waals surface area (Å²) in [6.45, 7) is 1.83. The van der Waals surface area contributed by atoms with Gasteiger partial charge in [-0.1, -0.05) is 0 Å². The van der Waals surface area contributed by atoms with E-state index in [2.05, 4.69) is 15.5 Å². The summed E-state index contributed by atoms with van der Waals surface area (Å²) in [7, 11) is 0. The van der Waals surface area contributed by atoms with Crippen LogP contribution in [0.3, 0.4) is 0 Å². The molecule has 0 saturated heterocycles. The van der Waals surface area contributed by atoms with E-state index in [1.807, 2.05) is 19.1 Å². The van der Waals surface area contributed by atoms with Crippen molar-refractivity contribution in [1.82, 2.24) is 10.4 Å². The van der Waals surface area contributed by atoms with E-state index >= 15 is 0 Å². The maximum atomic E-state index is 8.98. The van der Waals surface area contributed by atoms with Gasteiger partial charge in [-0.3, -0.25) is 4.98 Å². The normalized spacial score (nSPS) is 24.9. The summed E-state index contributed by atoms with van der Waals surface area (Å²) in [6, 6.07) is 3.68. The predicted molar refractivity (Wildman–Crippen MR) is 58.8 cm³/mol. The van der Waals surface area contributed by atoms with Crippen molar-refractivity contribution in [3.63, 3.8) is 0 Å². The number of halogens is 1. The molecule has 2 atom stereocenters. The number of pyridine rings is 1. The van der Waals surface area contributed by atoms with Crippen LogP contribution in [0, 0.1) is 0 Å². The van der Waals surface area contributed by atoms with Crippen molar-refractivity contribution in [2.75, 3.05) is 0 Å². The first kappa shape index (κ1) is 10.4. The van der Waals surface area contributed by atoms with Crippen molar-refractivity contribution in [2.24, 2.45) is 5.10 Å². The van der Waals surface area contributed by atoms with Crippen LogP contribution in [0.25, 0.3) is 0 Å². The average Bonchev–Trinajstić information content (AvgIpc) is 2.60. The van der Waals surface area contributed by atoms with Crippen LogP contribution in [0.4, 0.5) is 0 Å². The van der Waals surface area contributed by atoms with Crippen molar-refractivity contribution >= 4 is 17.3 Å². The van der Waals surface area contributed by atoms with E-state index < -0.39 is 0 Å². The maximum absolute atomic E-state index is 8.98. The van der Waals surface area contributed by atoms with Gasteiger partial charge in [0.1, 0.15) is 0 Å². The van der Waals surface area contributed by atoms with Crippen LogP contribution in [0.5, 0.6) is 0 Å². The Morgan fingerprint density at radius 3 is 3.00 bits per heavy atom. The van der Waals surface area contributed by atoms with Crippen molar-refractivity contribution in [3.05, 3.63) is 29.6 Å². The summed E-state index contributed by atoms with van der Waals surface area (Å²) in [5, 5.41) is 12.9. The fourth-order valence-corrected chi connectivity index (χ4v) is 1.81. The second kappa shape index (κ2) is 4.16. The highest BCUT2D eigenvalue weighted by Crippen LogP contribution is 2.26. The summed E-state index contributed by atoms with van der Waals surface area (Å²) < 4.78 is 0. The van der Waals surface area contributed by atoms with E-state index in [1.54, 1.807) is 6.20 Å². The van der Waals surface area contributed by atoms with Crippen molar-refractivity contribution < 1.29 is 5.11 Å². The highest BCUT2D eigenvalue weighted by atomic mass is 35.5. The summed E-state index contributed by atoms with van der Waals surface area (Å²) in [5.41, 5.74) is 5.49. The summed E-state index contributed by atoms with van der Waals surface area (Å²) in [5.74, 6) is 0. The lowest BCUT2D eigenvalue weighted by Gasteiger charge is -2.14. The lowest BCUT2D eigenvalue weighted by Crippen LogP contribution is -2.21. The molecule has 0 saturated carbocycles. The minimum Gasteiger partial charge on any atom is -0.390 e.